The highest BCUT2D eigenvalue weighted by Gasteiger charge is 2.33. The van der Waals surface area contributed by atoms with Crippen molar-refractivity contribution < 1.29 is 9.53 Å². The van der Waals surface area contributed by atoms with Crippen LogP contribution in [0.3, 0.4) is 0 Å². The Kier molecular flexibility index (Phi) is 4.36. The van der Waals surface area contributed by atoms with Crippen LogP contribution in [0.2, 0.25) is 0 Å². The van der Waals surface area contributed by atoms with Crippen molar-refractivity contribution >= 4 is 29.5 Å². The van der Waals surface area contributed by atoms with Gasteiger partial charge < -0.3 is 4.74 Å². The zero-order chi connectivity index (χ0) is 17.6. The fourth-order valence-corrected chi connectivity index (χ4v) is 3.97. The van der Waals surface area contributed by atoms with E-state index < -0.39 is 0 Å². The number of nitrogens with one attached hydrogen (secondary N) is 1. The minimum Gasteiger partial charge on any atom is -0.372 e. The van der Waals surface area contributed by atoms with Crippen molar-refractivity contribution in [2.45, 2.75) is 82.0 Å². The maximum Gasteiger partial charge on any atom is 0.229 e. The maximum atomic E-state index is 12.5. The second-order valence-corrected chi connectivity index (χ2v) is 8.40. The van der Waals surface area contributed by atoms with Crippen LogP contribution in [0.5, 0.6) is 0 Å². The van der Waals surface area contributed by atoms with E-state index in [9.17, 15) is 4.79 Å². The molecule has 2 fully saturated rings. The third-order valence-corrected chi connectivity index (χ3v) is 5.61. The molecule has 1 aromatic heterocycles. The summed E-state index contributed by atoms with van der Waals surface area (Å²) in [5.41, 5.74) is 0.433. The number of amides is 1. The summed E-state index contributed by atoms with van der Waals surface area (Å²) in [7, 11) is 0. The van der Waals surface area contributed by atoms with Gasteiger partial charge in [-0.15, -0.1) is 0 Å². The SMILES string of the molecule is CC1(C)CCC(CC(=O)Nc2nc3c(n2C2CCC2)=NC(Cl)CC=3)O1. The van der Waals surface area contributed by atoms with Gasteiger partial charge in [0.25, 0.3) is 0 Å². The largest absolute Gasteiger partial charge is 0.372 e. The van der Waals surface area contributed by atoms with Crippen LogP contribution in [-0.4, -0.2) is 32.7 Å². The van der Waals surface area contributed by atoms with Crippen LogP contribution in [0.4, 0.5) is 5.95 Å². The van der Waals surface area contributed by atoms with Gasteiger partial charge in [-0.2, -0.15) is 0 Å². The Morgan fingerprint density at radius 1 is 1.44 bits per heavy atom. The fourth-order valence-electron chi connectivity index (χ4n) is 3.78. The molecule has 1 saturated carbocycles. The summed E-state index contributed by atoms with van der Waals surface area (Å²) in [4.78, 5) is 21.7. The molecule has 0 aromatic carbocycles. The third-order valence-electron chi connectivity index (χ3n) is 5.34. The van der Waals surface area contributed by atoms with E-state index in [1.54, 1.807) is 0 Å². The molecule has 6 nitrogen and oxygen atoms in total. The van der Waals surface area contributed by atoms with E-state index >= 15 is 0 Å². The number of nitrogens with zero attached hydrogens (tertiary/aromatic N) is 3. The zero-order valence-corrected chi connectivity index (χ0v) is 15.6. The first-order valence-corrected chi connectivity index (χ1v) is 9.63. The van der Waals surface area contributed by atoms with Crippen molar-refractivity contribution in [3.8, 4) is 0 Å². The van der Waals surface area contributed by atoms with Crippen LogP contribution in [0, 0.1) is 0 Å². The van der Waals surface area contributed by atoms with Crippen molar-refractivity contribution in [3.05, 3.63) is 10.8 Å². The van der Waals surface area contributed by atoms with Crippen LogP contribution in [0.15, 0.2) is 4.99 Å². The Hall–Kier alpha value is -1.40. The molecule has 0 radical (unpaired) electrons. The third kappa shape index (κ3) is 3.47. The van der Waals surface area contributed by atoms with Crippen molar-refractivity contribution in [2.24, 2.45) is 4.99 Å². The van der Waals surface area contributed by atoms with Crippen molar-refractivity contribution in [1.82, 2.24) is 9.55 Å². The quantitative estimate of drug-likeness (QED) is 0.658. The molecule has 1 saturated heterocycles. The first-order valence-electron chi connectivity index (χ1n) is 9.19. The average Bonchev–Trinajstić information content (AvgIpc) is 2.98. The van der Waals surface area contributed by atoms with Gasteiger partial charge in [-0.25, -0.2) is 9.98 Å². The lowest BCUT2D eigenvalue weighted by molar-refractivity contribution is -0.119. The summed E-state index contributed by atoms with van der Waals surface area (Å²) in [5.74, 6) is 0.552. The highest BCUT2D eigenvalue weighted by molar-refractivity contribution is 6.20. The Morgan fingerprint density at radius 3 is 2.88 bits per heavy atom. The van der Waals surface area contributed by atoms with Gasteiger partial charge in [0.1, 0.15) is 10.9 Å². The normalized spacial score (nSPS) is 27.8. The van der Waals surface area contributed by atoms with Crippen LogP contribution >= 0.6 is 11.6 Å². The molecule has 2 unspecified atom stereocenters. The number of imidazole rings is 1. The lowest BCUT2D eigenvalue weighted by Gasteiger charge is -2.28. The molecular formula is C18H25ClN4O2. The number of anilines is 1. The molecule has 1 amide bonds. The second-order valence-electron chi connectivity index (χ2n) is 7.89. The Bertz CT molecular complexity index is 797. The molecule has 0 bridgehead atoms. The van der Waals surface area contributed by atoms with Crippen LogP contribution in [-0.2, 0) is 9.53 Å². The van der Waals surface area contributed by atoms with Crippen LogP contribution in [0.25, 0.3) is 6.08 Å². The highest BCUT2D eigenvalue weighted by Crippen LogP contribution is 2.33. The van der Waals surface area contributed by atoms with E-state index in [2.05, 4.69) is 33.7 Å². The molecule has 3 aliphatic rings. The lowest BCUT2D eigenvalue weighted by Crippen LogP contribution is -2.38. The molecule has 136 valence electrons. The summed E-state index contributed by atoms with van der Waals surface area (Å²) in [6.45, 7) is 4.14. The molecular weight excluding hydrogens is 340 g/mol. The van der Waals surface area contributed by atoms with E-state index in [1.807, 2.05) is 6.08 Å². The summed E-state index contributed by atoms with van der Waals surface area (Å²) in [6.07, 6.45) is 8.32. The Morgan fingerprint density at radius 2 is 2.24 bits per heavy atom. The van der Waals surface area contributed by atoms with Crippen LogP contribution < -0.4 is 16.2 Å². The van der Waals surface area contributed by atoms with Crippen LogP contribution in [0.1, 0.15) is 64.8 Å². The van der Waals surface area contributed by atoms with Gasteiger partial charge in [-0.3, -0.25) is 14.7 Å². The minimum absolute atomic E-state index is 0.0137. The van der Waals surface area contributed by atoms with E-state index in [0.29, 0.717) is 24.8 Å². The number of carbonyl (C=O) groups is 1. The van der Waals surface area contributed by atoms with Gasteiger partial charge in [0, 0.05) is 12.5 Å². The molecule has 25 heavy (non-hydrogen) atoms. The number of halogens is 1. The molecule has 7 heteroatoms. The molecule has 0 spiro atoms. The Labute approximate surface area is 152 Å². The first-order chi connectivity index (χ1) is 11.9. The maximum absolute atomic E-state index is 12.5. The highest BCUT2D eigenvalue weighted by atomic mass is 35.5. The van der Waals surface area contributed by atoms with E-state index in [0.717, 1.165) is 36.5 Å². The number of hydrogen-bond acceptors (Lipinski definition) is 4. The fraction of sp³-hybridized carbons (Fsp3) is 0.722. The van der Waals surface area contributed by atoms with Crippen molar-refractivity contribution in [1.29, 1.82) is 0 Å². The van der Waals surface area contributed by atoms with Gasteiger partial charge >= 0.3 is 0 Å². The number of fused-ring (bicyclic) bond motifs is 1. The average molecular weight is 365 g/mol. The van der Waals surface area contributed by atoms with Gasteiger partial charge in [0.05, 0.1) is 18.1 Å². The van der Waals surface area contributed by atoms with Gasteiger partial charge in [-0.05, 0) is 46.0 Å². The summed E-state index contributed by atoms with van der Waals surface area (Å²) in [5, 5.41) is 3.83. The van der Waals surface area contributed by atoms with E-state index in [-0.39, 0.29) is 23.1 Å². The van der Waals surface area contributed by atoms with E-state index in [1.165, 1.54) is 6.42 Å². The molecule has 1 aliphatic carbocycles. The van der Waals surface area contributed by atoms with Crippen molar-refractivity contribution in [2.75, 3.05) is 5.32 Å². The zero-order valence-electron chi connectivity index (χ0n) is 14.8. The summed E-state index contributed by atoms with van der Waals surface area (Å²) >= 11 is 6.19. The summed E-state index contributed by atoms with van der Waals surface area (Å²) < 4.78 is 8.00. The minimum atomic E-state index is -0.249. The lowest BCUT2D eigenvalue weighted by atomic mass is 9.93. The molecule has 3 heterocycles. The molecule has 1 aromatic rings. The molecule has 1 N–H and O–H groups in total. The predicted molar refractivity (Wildman–Crippen MR) is 96.1 cm³/mol. The molecule has 4 rings (SSSR count). The van der Waals surface area contributed by atoms with E-state index in [4.69, 9.17) is 16.3 Å². The standard InChI is InChI=1S/C18H25ClN4O2/c1-18(2)9-8-12(25-18)10-15(24)22-17-20-13-6-7-14(19)21-16(13)23(17)11-4-3-5-11/h6,11-12,14H,3-5,7-10H2,1-2H3,(H,20,22,24). The smallest absolute Gasteiger partial charge is 0.229 e. The topological polar surface area (TPSA) is 68.5 Å². The number of rotatable bonds is 4. The monoisotopic (exact) mass is 364 g/mol. The molecule has 2 atom stereocenters. The van der Waals surface area contributed by atoms with Gasteiger partial charge in [0.2, 0.25) is 11.9 Å². The predicted octanol–water partition coefficient (Wildman–Crippen LogP) is 2.26. The second kappa shape index (κ2) is 6.40. The number of alkyl halides is 1. The number of carbonyl (C=O) groups excluding carboxylic acids is 1. The van der Waals surface area contributed by atoms with Crippen molar-refractivity contribution in [3.63, 3.8) is 0 Å². The first kappa shape index (κ1) is 17.0. The van der Waals surface area contributed by atoms with Gasteiger partial charge in [-0.1, -0.05) is 17.7 Å². The number of ether oxygens (including phenoxy) is 1. The Balaban J connectivity index is 1.54. The summed E-state index contributed by atoms with van der Waals surface area (Å²) in [6, 6.07) is 0.354. The van der Waals surface area contributed by atoms with Gasteiger partial charge in [0.15, 0.2) is 5.49 Å². The number of hydrogen-bond donors (Lipinski definition) is 1. The molecule has 2 aliphatic heterocycles. The number of aromatic nitrogens is 2.